The standard InChI is InChI=1S/C10H13ClN5O4P/c11-8-7-9(15-10(12)14-8)16(4-13-7)3-5-1-2-6(20-5)21(17,18)19/h4-6H,1-3H2,(H2,12,14,15)(H2,17,18,19)/p-1. The lowest BCUT2D eigenvalue weighted by atomic mass is 10.2. The Hall–Kier alpha value is -1.25. The molecule has 3 N–H and O–H groups in total. The van der Waals surface area contributed by atoms with Gasteiger partial charge in [-0.2, -0.15) is 9.97 Å². The molecule has 0 saturated carbocycles. The summed E-state index contributed by atoms with van der Waals surface area (Å²) in [5.74, 6) is -1.13. The highest BCUT2D eigenvalue weighted by Gasteiger charge is 2.32. The lowest BCUT2D eigenvalue weighted by Gasteiger charge is -2.23. The number of fused-ring (bicyclic) bond motifs is 1. The fraction of sp³-hybridized carbons (Fsp3) is 0.500. The van der Waals surface area contributed by atoms with Crippen molar-refractivity contribution >= 4 is 36.3 Å². The zero-order valence-electron chi connectivity index (χ0n) is 10.7. The van der Waals surface area contributed by atoms with E-state index in [1.165, 1.54) is 6.33 Å². The first-order chi connectivity index (χ1) is 9.84. The van der Waals surface area contributed by atoms with Gasteiger partial charge in [0, 0.05) is 0 Å². The Morgan fingerprint density at radius 3 is 3.00 bits per heavy atom. The summed E-state index contributed by atoms with van der Waals surface area (Å²) < 4.78 is 18.1. The van der Waals surface area contributed by atoms with Gasteiger partial charge in [0.05, 0.1) is 19.0 Å². The number of halogens is 1. The number of aromatic nitrogens is 4. The molecule has 1 saturated heterocycles. The third kappa shape index (κ3) is 2.88. The average molecular weight is 333 g/mol. The molecule has 1 fully saturated rings. The molecule has 2 aromatic rings. The molecule has 3 unspecified atom stereocenters. The molecule has 2 aromatic heterocycles. The molecule has 9 nitrogen and oxygen atoms in total. The van der Waals surface area contributed by atoms with E-state index in [0.29, 0.717) is 24.1 Å². The zero-order chi connectivity index (χ0) is 15.2. The van der Waals surface area contributed by atoms with Crippen LogP contribution in [0, 0.1) is 0 Å². The second-order valence-corrected chi connectivity index (χ2v) is 6.86. The van der Waals surface area contributed by atoms with E-state index in [-0.39, 0.29) is 23.6 Å². The van der Waals surface area contributed by atoms with E-state index in [0.717, 1.165) is 0 Å². The molecule has 3 heterocycles. The predicted octanol–water partition coefficient (Wildman–Crippen LogP) is 0.113. The summed E-state index contributed by atoms with van der Waals surface area (Å²) in [4.78, 5) is 32.0. The van der Waals surface area contributed by atoms with Crippen LogP contribution in [0.1, 0.15) is 12.8 Å². The minimum Gasteiger partial charge on any atom is -0.777 e. The molecule has 3 atom stereocenters. The number of imidazole rings is 1. The third-order valence-corrected chi connectivity index (χ3v) is 4.66. The Morgan fingerprint density at radius 1 is 1.57 bits per heavy atom. The fourth-order valence-corrected chi connectivity index (χ4v) is 3.36. The molecule has 0 spiro atoms. The van der Waals surface area contributed by atoms with E-state index in [9.17, 15) is 9.46 Å². The highest BCUT2D eigenvalue weighted by molar-refractivity contribution is 7.50. The van der Waals surface area contributed by atoms with Gasteiger partial charge >= 0.3 is 0 Å². The Balaban J connectivity index is 1.82. The first-order valence-electron chi connectivity index (χ1n) is 6.17. The van der Waals surface area contributed by atoms with E-state index in [2.05, 4.69) is 15.0 Å². The van der Waals surface area contributed by atoms with Gasteiger partial charge in [-0.1, -0.05) is 11.6 Å². The molecule has 0 radical (unpaired) electrons. The van der Waals surface area contributed by atoms with Gasteiger partial charge in [0.1, 0.15) is 11.4 Å². The van der Waals surface area contributed by atoms with Crippen LogP contribution in [0.3, 0.4) is 0 Å². The first kappa shape index (κ1) is 14.7. The molecule has 1 aliphatic heterocycles. The van der Waals surface area contributed by atoms with Crippen LogP contribution < -0.4 is 10.6 Å². The predicted molar refractivity (Wildman–Crippen MR) is 72.5 cm³/mol. The van der Waals surface area contributed by atoms with Gasteiger partial charge in [-0.15, -0.1) is 0 Å². The van der Waals surface area contributed by atoms with E-state index >= 15 is 0 Å². The normalized spacial score (nSPS) is 25.3. The highest BCUT2D eigenvalue weighted by atomic mass is 35.5. The summed E-state index contributed by atoms with van der Waals surface area (Å²) in [6, 6.07) is 0. The van der Waals surface area contributed by atoms with Crippen LogP contribution in [0.2, 0.25) is 5.15 Å². The molecule has 0 aliphatic carbocycles. The fourth-order valence-electron chi connectivity index (χ4n) is 2.34. The van der Waals surface area contributed by atoms with Gasteiger partial charge < -0.3 is 29.4 Å². The topological polar surface area (TPSA) is 139 Å². The van der Waals surface area contributed by atoms with Gasteiger partial charge in [-0.05, 0) is 12.8 Å². The van der Waals surface area contributed by atoms with E-state index in [1.54, 1.807) is 4.57 Å². The van der Waals surface area contributed by atoms with Crippen molar-refractivity contribution in [2.24, 2.45) is 0 Å². The number of nitrogen functional groups attached to an aromatic ring is 1. The SMILES string of the molecule is Nc1nc(Cl)c2ncn(CC3CCC(P(=O)([O-])O)O3)c2n1. The monoisotopic (exact) mass is 332 g/mol. The van der Waals surface area contributed by atoms with Crippen molar-refractivity contribution in [3.05, 3.63) is 11.5 Å². The number of anilines is 1. The van der Waals surface area contributed by atoms with Crippen molar-refractivity contribution < 1.29 is 19.1 Å². The highest BCUT2D eigenvalue weighted by Crippen LogP contribution is 2.44. The molecule has 1 aliphatic rings. The van der Waals surface area contributed by atoms with Crippen molar-refractivity contribution in [3.63, 3.8) is 0 Å². The van der Waals surface area contributed by atoms with Gasteiger partial charge in [0.25, 0.3) is 0 Å². The summed E-state index contributed by atoms with van der Waals surface area (Å²) >= 11 is 5.93. The number of ether oxygens (including phenoxy) is 1. The first-order valence-corrected chi connectivity index (χ1v) is 8.20. The van der Waals surface area contributed by atoms with Crippen LogP contribution >= 0.6 is 19.2 Å². The molecular formula is C10H12ClN5O4P-. The third-order valence-electron chi connectivity index (χ3n) is 3.29. The van der Waals surface area contributed by atoms with Gasteiger partial charge in [-0.25, -0.2) is 4.98 Å². The summed E-state index contributed by atoms with van der Waals surface area (Å²) in [7, 11) is -4.47. The Morgan fingerprint density at radius 2 is 2.33 bits per heavy atom. The van der Waals surface area contributed by atoms with E-state index in [1.807, 2.05) is 0 Å². The lowest BCUT2D eigenvalue weighted by molar-refractivity contribution is -0.204. The summed E-state index contributed by atoms with van der Waals surface area (Å²) in [5, 5.41) is 0.154. The van der Waals surface area contributed by atoms with Gasteiger partial charge in [0.2, 0.25) is 5.95 Å². The zero-order valence-corrected chi connectivity index (χ0v) is 12.4. The number of rotatable bonds is 3. The molecule has 0 amide bonds. The lowest BCUT2D eigenvalue weighted by Crippen LogP contribution is -2.20. The average Bonchev–Trinajstić information content (AvgIpc) is 2.97. The summed E-state index contributed by atoms with van der Waals surface area (Å²) in [5.41, 5.74) is 6.42. The Bertz CT molecular complexity index is 732. The van der Waals surface area contributed by atoms with Crippen LogP contribution in [-0.4, -0.2) is 36.4 Å². The van der Waals surface area contributed by atoms with Crippen molar-refractivity contribution in [2.75, 3.05) is 5.73 Å². The van der Waals surface area contributed by atoms with Crippen LogP contribution in [0.15, 0.2) is 6.33 Å². The maximum Gasteiger partial charge on any atom is 0.223 e. The molecule has 21 heavy (non-hydrogen) atoms. The minimum atomic E-state index is -4.47. The van der Waals surface area contributed by atoms with Gasteiger partial charge in [-0.3, -0.25) is 0 Å². The van der Waals surface area contributed by atoms with Crippen molar-refractivity contribution in [1.29, 1.82) is 0 Å². The van der Waals surface area contributed by atoms with Crippen molar-refractivity contribution in [3.8, 4) is 0 Å². The maximum absolute atomic E-state index is 11.1. The van der Waals surface area contributed by atoms with Crippen molar-refractivity contribution in [2.45, 2.75) is 31.3 Å². The maximum atomic E-state index is 11.1. The van der Waals surface area contributed by atoms with Gasteiger partial charge in [0.15, 0.2) is 18.4 Å². The molecule has 3 rings (SSSR count). The molecule has 0 aromatic carbocycles. The number of nitrogens with two attached hydrogens (primary N) is 1. The largest absolute Gasteiger partial charge is 0.777 e. The summed E-state index contributed by atoms with van der Waals surface area (Å²) in [6.07, 6.45) is 1.91. The molecule has 114 valence electrons. The molecular weight excluding hydrogens is 321 g/mol. The van der Waals surface area contributed by atoms with Crippen LogP contribution in [-0.2, 0) is 15.8 Å². The number of hydrogen-bond acceptors (Lipinski definition) is 7. The molecule has 11 heteroatoms. The van der Waals surface area contributed by atoms with E-state index in [4.69, 9.17) is 27.0 Å². The Kier molecular flexibility index (Phi) is 3.62. The second kappa shape index (κ2) is 5.19. The molecule has 0 bridgehead atoms. The number of hydrogen-bond donors (Lipinski definition) is 2. The number of nitrogens with zero attached hydrogens (tertiary/aromatic N) is 4. The van der Waals surface area contributed by atoms with E-state index < -0.39 is 13.4 Å². The van der Waals surface area contributed by atoms with Crippen LogP contribution in [0.5, 0.6) is 0 Å². The smallest absolute Gasteiger partial charge is 0.223 e. The van der Waals surface area contributed by atoms with Crippen molar-refractivity contribution in [1.82, 2.24) is 19.5 Å². The minimum absolute atomic E-state index is 0.0267. The second-order valence-electron chi connectivity index (χ2n) is 4.80. The van der Waals surface area contributed by atoms with Crippen LogP contribution in [0.25, 0.3) is 11.2 Å². The quantitative estimate of drug-likeness (QED) is 0.596. The Labute approximate surface area is 124 Å². The summed E-state index contributed by atoms with van der Waals surface area (Å²) in [6.45, 7) is 0.333. The van der Waals surface area contributed by atoms with Crippen LogP contribution in [0.4, 0.5) is 5.95 Å².